The predicted octanol–water partition coefficient (Wildman–Crippen LogP) is 2.42. The van der Waals surface area contributed by atoms with Gasteiger partial charge in [0.1, 0.15) is 5.82 Å². The summed E-state index contributed by atoms with van der Waals surface area (Å²) in [5.41, 5.74) is 6.27. The minimum atomic E-state index is -4.06. The Bertz CT molecular complexity index is 769. The highest BCUT2D eigenvalue weighted by Gasteiger charge is 2.25. The lowest BCUT2D eigenvalue weighted by molar-refractivity contribution is 0.595. The number of aromatic amines is 1. The van der Waals surface area contributed by atoms with Gasteiger partial charge >= 0.3 is 0 Å². The van der Waals surface area contributed by atoms with Crippen molar-refractivity contribution in [3.05, 3.63) is 39.3 Å². The maximum Gasteiger partial charge on any atom is 0.281 e. The van der Waals surface area contributed by atoms with Crippen LogP contribution in [-0.2, 0) is 16.6 Å². The normalized spacial score (nSPS) is 11.7. The fraction of sp³-hybridized carbons (Fsp3) is 0.182. The summed E-state index contributed by atoms with van der Waals surface area (Å²) in [5, 5.41) is 5.68. The number of H-pyrrole nitrogens is 1. The van der Waals surface area contributed by atoms with Crippen molar-refractivity contribution in [3.63, 3.8) is 0 Å². The molecule has 0 aliphatic rings. The van der Waals surface area contributed by atoms with E-state index in [1.165, 1.54) is 0 Å². The third-order valence-electron chi connectivity index (χ3n) is 2.74. The summed E-state index contributed by atoms with van der Waals surface area (Å²) in [4.78, 5) is 0. The lowest BCUT2D eigenvalue weighted by Gasteiger charge is -2.11. The molecule has 0 saturated heterocycles. The Labute approximate surface area is 130 Å². The van der Waals surface area contributed by atoms with Crippen LogP contribution in [0.4, 0.5) is 10.1 Å². The average molecular weight is 353 g/mol. The monoisotopic (exact) mass is 352 g/mol. The zero-order chi connectivity index (χ0) is 15.8. The van der Waals surface area contributed by atoms with Gasteiger partial charge in [0.25, 0.3) is 10.0 Å². The summed E-state index contributed by atoms with van der Waals surface area (Å²) in [7, 11) is -4.06. The van der Waals surface area contributed by atoms with Crippen molar-refractivity contribution in [2.24, 2.45) is 5.73 Å². The van der Waals surface area contributed by atoms with E-state index in [9.17, 15) is 12.8 Å². The van der Waals surface area contributed by atoms with Crippen LogP contribution in [-0.4, -0.2) is 18.6 Å². The molecule has 0 bridgehead atoms. The van der Waals surface area contributed by atoms with Gasteiger partial charge in [0.2, 0.25) is 5.03 Å². The van der Waals surface area contributed by atoms with E-state index in [2.05, 4.69) is 14.9 Å². The smallest absolute Gasteiger partial charge is 0.281 e. The van der Waals surface area contributed by atoms with Crippen LogP contribution < -0.4 is 10.5 Å². The molecule has 0 spiro atoms. The maximum absolute atomic E-state index is 13.1. The Morgan fingerprint density at radius 3 is 2.48 bits per heavy atom. The first-order valence-corrected chi connectivity index (χ1v) is 7.91. The van der Waals surface area contributed by atoms with Crippen LogP contribution in [0.5, 0.6) is 0 Å². The van der Waals surface area contributed by atoms with E-state index in [1.807, 2.05) is 0 Å². The van der Waals surface area contributed by atoms with Gasteiger partial charge in [-0.15, -0.1) is 0 Å². The number of rotatable bonds is 4. The van der Waals surface area contributed by atoms with Gasteiger partial charge in [0.15, 0.2) is 0 Å². The number of nitrogens with zero attached hydrogens (tertiary/aromatic N) is 1. The number of hydrogen-bond donors (Lipinski definition) is 3. The number of aryl methyl sites for hydroxylation is 1. The second-order valence-corrected chi connectivity index (χ2v) is 6.60. The summed E-state index contributed by atoms with van der Waals surface area (Å²) in [6.45, 7) is 1.63. The summed E-state index contributed by atoms with van der Waals surface area (Å²) < 4.78 is 39.9. The van der Waals surface area contributed by atoms with Crippen molar-refractivity contribution in [3.8, 4) is 0 Å². The minimum absolute atomic E-state index is 0.0105. The average Bonchev–Trinajstić information content (AvgIpc) is 2.75. The number of sulfonamides is 1. The molecule has 10 heteroatoms. The number of nitrogens with one attached hydrogen (secondary N) is 2. The summed E-state index contributed by atoms with van der Waals surface area (Å²) in [5.74, 6) is -0.675. The molecular weight excluding hydrogens is 342 g/mol. The van der Waals surface area contributed by atoms with Crippen molar-refractivity contribution in [2.45, 2.75) is 18.5 Å². The molecule has 0 radical (unpaired) electrons. The highest BCUT2D eigenvalue weighted by Crippen LogP contribution is 2.33. The van der Waals surface area contributed by atoms with Crippen molar-refractivity contribution in [1.29, 1.82) is 0 Å². The quantitative estimate of drug-likeness (QED) is 0.786. The summed E-state index contributed by atoms with van der Waals surface area (Å²) in [6, 6.07) is 1.90. The second kappa shape index (κ2) is 5.80. The second-order valence-electron chi connectivity index (χ2n) is 4.19. The molecule has 0 amide bonds. The fourth-order valence-corrected chi connectivity index (χ4v) is 3.69. The van der Waals surface area contributed by atoms with Gasteiger partial charge in [0, 0.05) is 17.8 Å². The molecule has 0 aliphatic heterocycles. The topological polar surface area (TPSA) is 101 Å². The molecule has 2 rings (SSSR count). The van der Waals surface area contributed by atoms with Crippen LogP contribution in [0.1, 0.15) is 11.3 Å². The molecule has 0 aliphatic carbocycles. The molecule has 6 nitrogen and oxygen atoms in total. The molecule has 0 fully saturated rings. The fourth-order valence-electron chi connectivity index (χ4n) is 1.72. The lowest BCUT2D eigenvalue weighted by Crippen LogP contribution is -2.17. The Balaban J connectivity index is 2.47. The van der Waals surface area contributed by atoms with Gasteiger partial charge in [-0.1, -0.05) is 23.2 Å². The first kappa shape index (κ1) is 16.0. The first-order valence-electron chi connectivity index (χ1n) is 5.67. The summed E-state index contributed by atoms with van der Waals surface area (Å²) in [6.07, 6.45) is 0. The van der Waals surface area contributed by atoms with Gasteiger partial charge in [-0.2, -0.15) is 13.5 Å². The maximum atomic E-state index is 13.1. The van der Waals surface area contributed by atoms with E-state index in [-0.39, 0.29) is 27.3 Å². The third-order valence-corrected chi connectivity index (χ3v) is 4.65. The van der Waals surface area contributed by atoms with E-state index in [1.54, 1.807) is 6.92 Å². The van der Waals surface area contributed by atoms with Crippen molar-refractivity contribution >= 4 is 38.9 Å². The number of anilines is 1. The van der Waals surface area contributed by atoms with Gasteiger partial charge in [0.05, 0.1) is 15.7 Å². The highest BCUT2D eigenvalue weighted by molar-refractivity contribution is 7.92. The molecule has 1 aromatic heterocycles. The van der Waals surface area contributed by atoms with Gasteiger partial charge < -0.3 is 5.73 Å². The number of hydrogen-bond acceptors (Lipinski definition) is 4. The van der Waals surface area contributed by atoms with E-state index >= 15 is 0 Å². The van der Waals surface area contributed by atoms with E-state index in [0.29, 0.717) is 11.3 Å². The lowest BCUT2D eigenvalue weighted by atomic mass is 10.3. The number of aromatic nitrogens is 2. The van der Waals surface area contributed by atoms with E-state index < -0.39 is 15.8 Å². The van der Waals surface area contributed by atoms with E-state index in [4.69, 9.17) is 28.9 Å². The standard InChI is InChI=1S/C11H11Cl2FN4O2S/c1-5-7(4-15)11(17-16-5)21(19,20)18-10-8(12)2-6(14)3-9(10)13/h2-3,18H,4,15H2,1H3,(H,16,17). The molecule has 114 valence electrons. The Morgan fingerprint density at radius 2 is 1.95 bits per heavy atom. The molecule has 2 aromatic rings. The Hall–Kier alpha value is -1.35. The molecule has 1 aromatic carbocycles. The van der Waals surface area contributed by atoms with Crippen LogP contribution in [0.15, 0.2) is 17.2 Å². The van der Waals surface area contributed by atoms with Crippen LogP contribution >= 0.6 is 23.2 Å². The highest BCUT2D eigenvalue weighted by atomic mass is 35.5. The van der Waals surface area contributed by atoms with Gasteiger partial charge in [-0.3, -0.25) is 9.82 Å². The molecule has 1 heterocycles. The van der Waals surface area contributed by atoms with Crippen LogP contribution in [0.25, 0.3) is 0 Å². The SMILES string of the molecule is Cc1[nH]nc(S(=O)(=O)Nc2c(Cl)cc(F)cc2Cl)c1CN. The van der Waals surface area contributed by atoms with E-state index in [0.717, 1.165) is 12.1 Å². The molecule has 0 atom stereocenters. The molecular formula is C11H11Cl2FN4O2S. The molecule has 4 N–H and O–H groups in total. The molecule has 0 unspecified atom stereocenters. The predicted molar refractivity (Wildman–Crippen MR) is 78.4 cm³/mol. The molecule has 0 saturated carbocycles. The van der Waals surface area contributed by atoms with Crippen LogP contribution in [0.3, 0.4) is 0 Å². The van der Waals surface area contributed by atoms with Crippen LogP contribution in [0, 0.1) is 12.7 Å². The van der Waals surface area contributed by atoms with Gasteiger partial charge in [-0.25, -0.2) is 4.39 Å². The van der Waals surface area contributed by atoms with Crippen LogP contribution in [0.2, 0.25) is 10.0 Å². The zero-order valence-corrected chi connectivity index (χ0v) is 13.1. The largest absolute Gasteiger partial charge is 0.326 e. The Kier molecular flexibility index (Phi) is 4.43. The number of nitrogens with two attached hydrogens (primary N) is 1. The molecule has 21 heavy (non-hydrogen) atoms. The summed E-state index contributed by atoms with van der Waals surface area (Å²) >= 11 is 11.6. The number of halogens is 3. The van der Waals surface area contributed by atoms with Gasteiger partial charge in [-0.05, 0) is 19.1 Å². The zero-order valence-electron chi connectivity index (χ0n) is 10.7. The first-order chi connectivity index (χ1) is 9.76. The van der Waals surface area contributed by atoms with Crippen molar-refractivity contribution in [1.82, 2.24) is 10.2 Å². The van der Waals surface area contributed by atoms with Crippen molar-refractivity contribution < 1.29 is 12.8 Å². The third kappa shape index (κ3) is 3.13. The minimum Gasteiger partial charge on any atom is -0.326 e. The number of benzene rings is 1. The Morgan fingerprint density at radius 1 is 1.38 bits per heavy atom. The van der Waals surface area contributed by atoms with Crippen molar-refractivity contribution in [2.75, 3.05) is 4.72 Å².